The Hall–Kier alpha value is -2.77. The fourth-order valence-electron chi connectivity index (χ4n) is 2.77. The van der Waals surface area contributed by atoms with Crippen LogP contribution in [0.3, 0.4) is 0 Å². The molecule has 3 rings (SSSR count). The SMILES string of the molecule is Cc1ccc(C(=O)CC2C(C#N)=C(N)Oc3ccc(Cl)cc32)cc1. The molecule has 0 aromatic heterocycles. The summed E-state index contributed by atoms with van der Waals surface area (Å²) < 4.78 is 5.49. The third-order valence-corrected chi connectivity index (χ3v) is 4.30. The minimum Gasteiger partial charge on any atom is -0.440 e. The normalized spacial score (nSPS) is 16.1. The summed E-state index contributed by atoms with van der Waals surface area (Å²) in [5.41, 5.74) is 8.50. The zero-order valence-electron chi connectivity index (χ0n) is 13.0. The lowest BCUT2D eigenvalue weighted by molar-refractivity contribution is 0.0976. The Morgan fingerprint density at radius 3 is 2.67 bits per heavy atom. The van der Waals surface area contributed by atoms with Crippen molar-refractivity contribution in [3.63, 3.8) is 0 Å². The summed E-state index contributed by atoms with van der Waals surface area (Å²) in [5.74, 6) is 0.0336. The largest absolute Gasteiger partial charge is 0.440 e. The summed E-state index contributed by atoms with van der Waals surface area (Å²) >= 11 is 6.07. The lowest BCUT2D eigenvalue weighted by Crippen LogP contribution is -2.22. The Morgan fingerprint density at radius 2 is 2.00 bits per heavy atom. The molecule has 2 aromatic carbocycles. The number of fused-ring (bicyclic) bond motifs is 1. The van der Waals surface area contributed by atoms with Crippen molar-refractivity contribution in [3.8, 4) is 11.8 Å². The molecule has 4 nitrogen and oxygen atoms in total. The summed E-state index contributed by atoms with van der Waals surface area (Å²) in [5, 5.41) is 9.95. The number of aryl methyl sites for hydroxylation is 1. The first-order valence-corrected chi connectivity index (χ1v) is 7.84. The predicted octanol–water partition coefficient (Wildman–Crippen LogP) is 4.09. The molecule has 0 bridgehead atoms. The number of nitrogens with zero attached hydrogens (tertiary/aromatic N) is 1. The van der Waals surface area contributed by atoms with E-state index in [1.807, 2.05) is 19.1 Å². The van der Waals surface area contributed by atoms with Crippen molar-refractivity contribution in [3.05, 3.63) is 75.6 Å². The second kappa shape index (κ2) is 6.38. The van der Waals surface area contributed by atoms with Gasteiger partial charge in [-0.1, -0.05) is 41.4 Å². The van der Waals surface area contributed by atoms with Gasteiger partial charge in [-0.3, -0.25) is 4.79 Å². The van der Waals surface area contributed by atoms with Crippen molar-refractivity contribution in [2.24, 2.45) is 5.73 Å². The molecule has 120 valence electrons. The molecule has 2 N–H and O–H groups in total. The standard InChI is InChI=1S/C19H15ClN2O2/c1-11-2-4-12(5-3-11)17(23)9-14-15-8-13(20)6-7-18(15)24-19(22)16(14)10-21/h2-8,14H,9,22H2,1H3. The number of halogens is 1. The molecule has 1 aliphatic heterocycles. The topological polar surface area (TPSA) is 76.1 Å². The molecule has 5 heteroatoms. The van der Waals surface area contributed by atoms with E-state index in [1.54, 1.807) is 30.3 Å². The Kier molecular flexibility index (Phi) is 4.28. The predicted molar refractivity (Wildman–Crippen MR) is 91.8 cm³/mol. The highest BCUT2D eigenvalue weighted by atomic mass is 35.5. The number of Topliss-reactive ketones (excluding diaryl/α,β-unsaturated/α-hetero) is 1. The summed E-state index contributed by atoms with van der Waals surface area (Å²) in [6.45, 7) is 1.96. The van der Waals surface area contributed by atoms with E-state index in [1.165, 1.54) is 0 Å². The molecule has 24 heavy (non-hydrogen) atoms. The highest BCUT2D eigenvalue weighted by molar-refractivity contribution is 6.30. The Labute approximate surface area is 145 Å². The van der Waals surface area contributed by atoms with Crippen molar-refractivity contribution >= 4 is 17.4 Å². The first-order valence-electron chi connectivity index (χ1n) is 7.46. The van der Waals surface area contributed by atoms with Gasteiger partial charge in [-0.05, 0) is 25.1 Å². The van der Waals surface area contributed by atoms with Crippen molar-refractivity contribution in [2.75, 3.05) is 0 Å². The van der Waals surface area contributed by atoms with Crippen molar-refractivity contribution in [1.82, 2.24) is 0 Å². The van der Waals surface area contributed by atoms with Gasteiger partial charge >= 0.3 is 0 Å². The van der Waals surface area contributed by atoms with E-state index in [0.717, 1.165) is 5.56 Å². The molecule has 1 aliphatic rings. The Bertz CT molecular complexity index is 879. The van der Waals surface area contributed by atoms with E-state index >= 15 is 0 Å². The lowest BCUT2D eigenvalue weighted by Gasteiger charge is -2.25. The minimum absolute atomic E-state index is 0.0361. The van der Waals surface area contributed by atoms with Crippen LogP contribution in [0.25, 0.3) is 0 Å². The van der Waals surface area contributed by atoms with E-state index in [0.29, 0.717) is 21.9 Å². The molecule has 0 amide bonds. The molecule has 0 fully saturated rings. The van der Waals surface area contributed by atoms with Crippen LogP contribution in [-0.4, -0.2) is 5.78 Å². The van der Waals surface area contributed by atoms with Gasteiger partial charge in [0.1, 0.15) is 11.8 Å². The molecule has 0 aliphatic carbocycles. The number of rotatable bonds is 3. The van der Waals surface area contributed by atoms with E-state index in [9.17, 15) is 10.1 Å². The van der Waals surface area contributed by atoms with E-state index < -0.39 is 5.92 Å². The zero-order valence-corrected chi connectivity index (χ0v) is 13.8. The summed E-state index contributed by atoms with van der Waals surface area (Å²) in [6, 6.07) is 14.5. The Balaban J connectivity index is 1.99. The van der Waals surface area contributed by atoms with Crippen LogP contribution < -0.4 is 10.5 Å². The second-order valence-electron chi connectivity index (χ2n) is 5.72. The number of carbonyl (C=O) groups excluding carboxylic acids is 1. The number of hydrogen-bond acceptors (Lipinski definition) is 4. The molecule has 0 saturated carbocycles. The number of nitrogens with two attached hydrogens (primary N) is 1. The van der Waals surface area contributed by atoms with Crippen LogP contribution in [0.15, 0.2) is 53.9 Å². The van der Waals surface area contributed by atoms with Gasteiger partial charge in [0.15, 0.2) is 5.78 Å². The van der Waals surface area contributed by atoms with Gasteiger partial charge in [-0.15, -0.1) is 0 Å². The van der Waals surface area contributed by atoms with Gasteiger partial charge in [0.2, 0.25) is 5.88 Å². The number of benzene rings is 2. The Morgan fingerprint density at radius 1 is 1.29 bits per heavy atom. The van der Waals surface area contributed by atoms with Gasteiger partial charge in [-0.2, -0.15) is 5.26 Å². The van der Waals surface area contributed by atoms with E-state index in [-0.39, 0.29) is 23.7 Å². The molecular formula is C19H15ClN2O2. The van der Waals surface area contributed by atoms with Gasteiger partial charge < -0.3 is 10.5 Å². The molecule has 1 heterocycles. The third-order valence-electron chi connectivity index (χ3n) is 4.06. The molecule has 1 atom stereocenters. The van der Waals surface area contributed by atoms with Crippen LogP contribution >= 0.6 is 11.6 Å². The molecule has 2 aromatic rings. The van der Waals surface area contributed by atoms with E-state index in [2.05, 4.69) is 6.07 Å². The van der Waals surface area contributed by atoms with Crippen LogP contribution in [0.2, 0.25) is 5.02 Å². The average Bonchev–Trinajstić information content (AvgIpc) is 2.56. The quantitative estimate of drug-likeness (QED) is 0.855. The maximum atomic E-state index is 12.6. The first kappa shape index (κ1) is 16.1. The molecule has 0 radical (unpaired) electrons. The van der Waals surface area contributed by atoms with Crippen LogP contribution in [0.4, 0.5) is 0 Å². The van der Waals surface area contributed by atoms with Crippen LogP contribution in [0, 0.1) is 18.3 Å². The summed E-state index contributed by atoms with van der Waals surface area (Å²) in [7, 11) is 0. The third kappa shape index (κ3) is 2.99. The highest BCUT2D eigenvalue weighted by Crippen LogP contribution is 2.41. The molecule has 1 unspecified atom stereocenters. The monoisotopic (exact) mass is 338 g/mol. The first-order chi connectivity index (χ1) is 11.5. The maximum Gasteiger partial charge on any atom is 0.205 e. The van der Waals surface area contributed by atoms with Crippen LogP contribution in [-0.2, 0) is 0 Å². The van der Waals surface area contributed by atoms with Gasteiger partial charge in [0.25, 0.3) is 0 Å². The summed E-state index contributed by atoms with van der Waals surface area (Å²) in [6.07, 6.45) is 0.128. The number of ether oxygens (including phenoxy) is 1. The number of carbonyl (C=O) groups is 1. The van der Waals surface area contributed by atoms with Crippen molar-refractivity contribution in [2.45, 2.75) is 19.3 Å². The number of ketones is 1. The zero-order chi connectivity index (χ0) is 17.3. The smallest absolute Gasteiger partial charge is 0.205 e. The van der Waals surface area contributed by atoms with Gasteiger partial charge in [-0.25, -0.2) is 0 Å². The lowest BCUT2D eigenvalue weighted by atomic mass is 9.84. The average molecular weight is 339 g/mol. The van der Waals surface area contributed by atoms with E-state index in [4.69, 9.17) is 22.1 Å². The van der Waals surface area contributed by atoms with Gasteiger partial charge in [0, 0.05) is 28.5 Å². The molecule has 0 saturated heterocycles. The number of nitriles is 1. The maximum absolute atomic E-state index is 12.6. The van der Waals surface area contributed by atoms with Crippen molar-refractivity contribution in [1.29, 1.82) is 5.26 Å². The summed E-state index contributed by atoms with van der Waals surface area (Å²) in [4.78, 5) is 12.6. The number of hydrogen-bond donors (Lipinski definition) is 1. The molecular weight excluding hydrogens is 324 g/mol. The highest BCUT2D eigenvalue weighted by Gasteiger charge is 2.31. The van der Waals surface area contributed by atoms with Crippen molar-refractivity contribution < 1.29 is 9.53 Å². The van der Waals surface area contributed by atoms with Gasteiger partial charge in [0.05, 0.1) is 5.57 Å². The van der Waals surface area contributed by atoms with Crippen LogP contribution in [0.5, 0.6) is 5.75 Å². The van der Waals surface area contributed by atoms with Crippen LogP contribution in [0.1, 0.15) is 33.8 Å². The molecule has 0 spiro atoms. The fourth-order valence-corrected chi connectivity index (χ4v) is 2.95. The number of allylic oxidation sites excluding steroid dienone is 1. The minimum atomic E-state index is -0.466. The second-order valence-corrected chi connectivity index (χ2v) is 6.16. The fraction of sp³-hybridized carbons (Fsp3) is 0.158.